The van der Waals surface area contributed by atoms with E-state index in [1.807, 2.05) is 39.0 Å². The molecule has 0 spiro atoms. The van der Waals surface area contributed by atoms with Gasteiger partial charge in [0.2, 0.25) is 0 Å². The lowest BCUT2D eigenvalue weighted by molar-refractivity contribution is 0.0988. The highest BCUT2D eigenvalue weighted by Crippen LogP contribution is 2.19. The topological polar surface area (TPSA) is 20.3 Å². The molecule has 0 unspecified atom stereocenters. The highest BCUT2D eigenvalue weighted by Gasteiger charge is 2.16. The summed E-state index contributed by atoms with van der Waals surface area (Å²) >= 11 is 0. The summed E-state index contributed by atoms with van der Waals surface area (Å²) in [5.41, 5.74) is 3.48. The maximum absolute atomic E-state index is 13.0. The van der Waals surface area contributed by atoms with Crippen molar-refractivity contribution >= 4 is 11.6 Å². The fourth-order valence-corrected chi connectivity index (χ4v) is 2.32. The van der Waals surface area contributed by atoms with Crippen LogP contribution in [0.15, 0.2) is 42.5 Å². The van der Waals surface area contributed by atoms with E-state index in [9.17, 15) is 9.18 Å². The summed E-state index contributed by atoms with van der Waals surface area (Å²) in [6.07, 6.45) is 0. The maximum atomic E-state index is 13.0. The van der Waals surface area contributed by atoms with Gasteiger partial charge in [-0.15, -0.1) is 0 Å². The first kappa shape index (κ1) is 14.3. The van der Waals surface area contributed by atoms with E-state index >= 15 is 0 Å². The van der Waals surface area contributed by atoms with E-state index in [1.165, 1.54) is 12.1 Å². The lowest BCUT2D eigenvalue weighted by Crippen LogP contribution is -2.30. The quantitative estimate of drug-likeness (QED) is 0.822. The molecule has 0 N–H and O–H groups in total. The SMILES string of the molecule is CCN(C(=O)c1cc(C)cc(C)c1)c1ccc(F)cc1. The average Bonchev–Trinajstić information content (AvgIpc) is 2.40. The highest BCUT2D eigenvalue weighted by atomic mass is 19.1. The van der Waals surface area contributed by atoms with Gasteiger partial charge in [-0.05, 0) is 57.2 Å². The van der Waals surface area contributed by atoms with Gasteiger partial charge < -0.3 is 4.90 Å². The number of halogens is 1. The number of hydrogen-bond donors (Lipinski definition) is 0. The van der Waals surface area contributed by atoms with Crippen molar-refractivity contribution < 1.29 is 9.18 Å². The largest absolute Gasteiger partial charge is 0.309 e. The van der Waals surface area contributed by atoms with E-state index in [4.69, 9.17) is 0 Å². The van der Waals surface area contributed by atoms with Crippen LogP contribution in [0.5, 0.6) is 0 Å². The molecule has 0 heterocycles. The molecule has 0 aliphatic rings. The third-order valence-corrected chi connectivity index (χ3v) is 3.17. The van der Waals surface area contributed by atoms with Crippen LogP contribution in [-0.2, 0) is 0 Å². The summed E-state index contributed by atoms with van der Waals surface area (Å²) in [5.74, 6) is -0.366. The molecule has 0 fully saturated rings. The van der Waals surface area contributed by atoms with Crippen molar-refractivity contribution in [3.63, 3.8) is 0 Å². The molecule has 0 saturated heterocycles. The average molecular weight is 271 g/mol. The van der Waals surface area contributed by atoms with Crippen LogP contribution < -0.4 is 4.90 Å². The molecule has 0 aliphatic heterocycles. The molecule has 104 valence electrons. The zero-order chi connectivity index (χ0) is 14.7. The van der Waals surface area contributed by atoms with E-state index in [2.05, 4.69) is 0 Å². The number of anilines is 1. The maximum Gasteiger partial charge on any atom is 0.258 e. The fraction of sp³-hybridized carbons (Fsp3) is 0.235. The Kier molecular flexibility index (Phi) is 4.18. The molecule has 0 aromatic heterocycles. The smallest absolute Gasteiger partial charge is 0.258 e. The second kappa shape index (κ2) is 5.87. The van der Waals surface area contributed by atoms with Crippen LogP contribution in [-0.4, -0.2) is 12.5 Å². The van der Waals surface area contributed by atoms with Crippen molar-refractivity contribution in [3.8, 4) is 0 Å². The molecule has 2 nitrogen and oxygen atoms in total. The van der Waals surface area contributed by atoms with Gasteiger partial charge in [0.15, 0.2) is 0 Å². The number of aryl methyl sites for hydroxylation is 2. The molecule has 3 heteroatoms. The van der Waals surface area contributed by atoms with Crippen molar-refractivity contribution in [2.45, 2.75) is 20.8 Å². The van der Waals surface area contributed by atoms with Crippen LogP contribution in [0.2, 0.25) is 0 Å². The first-order valence-corrected chi connectivity index (χ1v) is 6.67. The third-order valence-electron chi connectivity index (χ3n) is 3.17. The van der Waals surface area contributed by atoms with Crippen molar-refractivity contribution in [2.75, 3.05) is 11.4 Å². The predicted molar refractivity (Wildman–Crippen MR) is 79.7 cm³/mol. The molecule has 0 atom stereocenters. The minimum absolute atomic E-state index is 0.0640. The number of hydrogen-bond acceptors (Lipinski definition) is 1. The van der Waals surface area contributed by atoms with Gasteiger partial charge in [-0.1, -0.05) is 17.2 Å². The van der Waals surface area contributed by atoms with E-state index in [1.54, 1.807) is 17.0 Å². The third kappa shape index (κ3) is 3.05. The van der Waals surface area contributed by atoms with Crippen LogP contribution in [0, 0.1) is 19.7 Å². The number of benzene rings is 2. The summed E-state index contributed by atoms with van der Waals surface area (Å²) in [6.45, 7) is 6.39. The normalized spacial score (nSPS) is 10.4. The van der Waals surface area contributed by atoms with Crippen LogP contribution in [0.1, 0.15) is 28.4 Å². The summed E-state index contributed by atoms with van der Waals surface area (Å²) in [5, 5.41) is 0. The lowest BCUT2D eigenvalue weighted by Gasteiger charge is -2.21. The number of carbonyl (C=O) groups excluding carboxylic acids is 1. The molecular weight excluding hydrogens is 253 g/mol. The van der Waals surface area contributed by atoms with Crippen molar-refractivity contribution in [3.05, 3.63) is 65.0 Å². The predicted octanol–water partition coefficient (Wildman–Crippen LogP) is 4.11. The standard InChI is InChI=1S/C17H18FNO/c1-4-19(16-7-5-15(18)6-8-16)17(20)14-10-12(2)9-13(3)11-14/h5-11H,4H2,1-3H3. The Morgan fingerprint density at radius 2 is 1.60 bits per heavy atom. The first-order chi connectivity index (χ1) is 9.51. The molecule has 20 heavy (non-hydrogen) atoms. The summed E-state index contributed by atoms with van der Waals surface area (Å²) in [6, 6.07) is 11.8. The van der Waals surface area contributed by atoms with E-state index < -0.39 is 0 Å². The zero-order valence-corrected chi connectivity index (χ0v) is 12.0. The minimum atomic E-state index is -0.302. The second-order valence-electron chi connectivity index (χ2n) is 4.90. The Hall–Kier alpha value is -2.16. The van der Waals surface area contributed by atoms with E-state index in [0.29, 0.717) is 17.8 Å². The Morgan fingerprint density at radius 3 is 2.10 bits per heavy atom. The van der Waals surface area contributed by atoms with E-state index in [0.717, 1.165) is 11.1 Å². The van der Waals surface area contributed by atoms with E-state index in [-0.39, 0.29) is 11.7 Å². The van der Waals surface area contributed by atoms with Crippen LogP contribution in [0.4, 0.5) is 10.1 Å². The van der Waals surface area contributed by atoms with Crippen molar-refractivity contribution in [1.29, 1.82) is 0 Å². The first-order valence-electron chi connectivity index (χ1n) is 6.67. The lowest BCUT2D eigenvalue weighted by atomic mass is 10.1. The van der Waals surface area contributed by atoms with Crippen LogP contribution >= 0.6 is 0 Å². The number of amides is 1. The molecule has 0 bridgehead atoms. The molecule has 2 rings (SSSR count). The van der Waals surface area contributed by atoms with Crippen molar-refractivity contribution in [1.82, 2.24) is 0 Å². The van der Waals surface area contributed by atoms with Gasteiger partial charge >= 0.3 is 0 Å². The van der Waals surface area contributed by atoms with Gasteiger partial charge in [-0.25, -0.2) is 4.39 Å². The number of nitrogens with zero attached hydrogens (tertiary/aromatic N) is 1. The molecule has 0 radical (unpaired) electrons. The second-order valence-corrected chi connectivity index (χ2v) is 4.90. The Morgan fingerprint density at radius 1 is 1.05 bits per heavy atom. The van der Waals surface area contributed by atoms with Gasteiger partial charge in [0.05, 0.1) is 0 Å². The van der Waals surface area contributed by atoms with Gasteiger partial charge in [0.1, 0.15) is 5.82 Å². The molecule has 1 amide bonds. The van der Waals surface area contributed by atoms with Crippen LogP contribution in [0.3, 0.4) is 0 Å². The number of rotatable bonds is 3. The minimum Gasteiger partial charge on any atom is -0.309 e. The molecule has 0 saturated carbocycles. The molecule has 0 aliphatic carbocycles. The van der Waals surface area contributed by atoms with Gasteiger partial charge in [-0.3, -0.25) is 4.79 Å². The summed E-state index contributed by atoms with van der Waals surface area (Å²) in [4.78, 5) is 14.2. The summed E-state index contributed by atoms with van der Waals surface area (Å²) < 4.78 is 13.0. The number of carbonyl (C=O) groups is 1. The molecular formula is C17H18FNO. The van der Waals surface area contributed by atoms with Crippen molar-refractivity contribution in [2.24, 2.45) is 0 Å². The Labute approximate surface area is 118 Å². The Balaban J connectivity index is 2.36. The Bertz CT molecular complexity index is 599. The van der Waals surface area contributed by atoms with Crippen LogP contribution in [0.25, 0.3) is 0 Å². The highest BCUT2D eigenvalue weighted by molar-refractivity contribution is 6.06. The molecule has 2 aromatic carbocycles. The summed E-state index contributed by atoms with van der Waals surface area (Å²) in [7, 11) is 0. The fourth-order valence-electron chi connectivity index (χ4n) is 2.32. The monoisotopic (exact) mass is 271 g/mol. The zero-order valence-electron chi connectivity index (χ0n) is 12.0. The molecule has 2 aromatic rings. The van der Waals surface area contributed by atoms with Gasteiger partial charge in [0, 0.05) is 17.8 Å². The van der Waals surface area contributed by atoms with Gasteiger partial charge in [-0.2, -0.15) is 0 Å². The van der Waals surface area contributed by atoms with Gasteiger partial charge in [0.25, 0.3) is 5.91 Å².